The molecule has 26 heavy (non-hydrogen) atoms. The first-order valence-electron chi connectivity index (χ1n) is 9.77. The van der Waals surface area contributed by atoms with Gasteiger partial charge < -0.3 is 19.9 Å². The van der Waals surface area contributed by atoms with Crippen LogP contribution < -0.4 is 19.9 Å². The Bertz CT molecular complexity index is 745. The number of ether oxygens (including phenoxy) is 1. The van der Waals surface area contributed by atoms with Gasteiger partial charge >= 0.3 is 0 Å². The van der Waals surface area contributed by atoms with Crippen molar-refractivity contribution in [2.45, 2.75) is 37.5 Å². The highest BCUT2D eigenvalue weighted by atomic mass is 16.5. The van der Waals surface area contributed by atoms with E-state index in [2.05, 4.69) is 56.5 Å². The Morgan fingerprint density at radius 2 is 1.88 bits per heavy atom. The minimum atomic E-state index is 0.281. The maximum Gasteiger partial charge on any atom is 0.140 e. The molecule has 3 saturated heterocycles. The lowest BCUT2D eigenvalue weighted by atomic mass is 10.1. The normalized spacial score (nSPS) is 25.7. The predicted octanol–water partition coefficient (Wildman–Crippen LogP) is 2.68. The molecule has 1 aromatic heterocycles. The summed E-state index contributed by atoms with van der Waals surface area (Å²) < 4.78 is 6.29. The third-order valence-corrected chi connectivity index (χ3v) is 5.95. The van der Waals surface area contributed by atoms with Crippen LogP contribution in [0.25, 0.3) is 0 Å². The monoisotopic (exact) mass is 350 g/mol. The number of rotatable bonds is 4. The average Bonchev–Trinajstić information content (AvgIpc) is 3.33. The molecule has 3 aliphatic heterocycles. The number of aromatic nitrogens is 1. The molecule has 3 fully saturated rings. The Kier molecular flexibility index (Phi) is 4.17. The van der Waals surface area contributed by atoms with Crippen molar-refractivity contribution in [2.75, 3.05) is 36.0 Å². The van der Waals surface area contributed by atoms with Crippen molar-refractivity contribution in [1.29, 1.82) is 0 Å². The molecule has 1 N–H and O–H groups in total. The lowest BCUT2D eigenvalue weighted by molar-refractivity contribution is 0.170. The second-order valence-electron chi connectivity index (χ2n) is 7.67. The van der Waals surface area contributed by atoms with Gasteiger partial charge in [0.2, 0.25) is 0 Å². The highest BCUT2D eigenvalue weighted by Crippen LogP contribution is 2.31. The fraction of sp³-hybridized carbons (Fsp3) is 0.476. The molecule has 5 nitrogen and oxygen atoms in total. The van der Waals surface area contributed by atoms with Crippen LogP contribution in [0.2, 0.25) is 0 Å². The van der Waals surface area contributed by atoms with E-state index in [9.17, 15) is 0 Å². The number of benzene rings is 1. The van der Waals surface area contributed by atoms with Gasteiger partial charge in [0.25, 0.3) is 0 Å². The van der Waals surface area contributed by atoms with Gasteiger partial charge in [0.15, 0.2) is 0 Å². The molecule has 0 saturated carbocycles. The molecule has 0 spiro atoms. The van der Waals surface area contributed by atoms with E-state index in [1.165, 1.54) is 17.8 Å². The molecule has 136 valence electrons. The summed E-state index contributed by atoms with van der Waals surface area (Å²) in [5.41, 5.74) is 2.52. The number of anilines is 2. The summed E-state index contributed by atoms with van der Waals surface area (Å²) in [6.07, 6.45) is 7.48. The number of nitrogens with zero attached hydrogens (tertiary/aromatic N) is 3. The van der Waals surface area contributed by atoms with Crippen LogP contribution >= 0.6 is 0 Å². The van der Waals surface area contributed by atoms with Crippen LogP contribution in [-0.2, 0) is 0 Å². The first-order valence-corrected chi connectivity index (χ1v) is 9.77. The molecule has 0 radical (unpaired) electrons. The van der Waals surface area contributed by atoms with Gasteiger partial charge in [0, 0.05) is 62.9 Å². The summed E-state index contributed by atoms with van der Waals surface area (Å²) in [6.45, 7) is 4.27. The quantitative estimate of drug-likeness (QED) is 0.918. The van der Waals surface area contributed by atoms with Crippen molar-refractivity contribution < 1.29 is 4.74 Å². The molecule has 2 bridgehead atoms. The van der Waals surface area contributed by atoms with Crippen molar-refractivity contribution in [1.82, 2.24) is 10.3 Å². The topological polar surface area (TPSA) is 40.6 Å². The average molecular weight is 350 g/mol. The van der Waals surface area contributed by atoms with Gasteiger partial charge in [-0.3, -0.25) is 4.98 Å². The third-order valence-electron chi connectivity index (χ3n) is 5.95. The number of para-hydroxylation sites is 1. The molecule has 0 aliphatic carbocycles. The number of piperidine rings is 1. The van der Waals surface area contributed by atoms with Crippen LogP contribution in [0.15, 0.2) is 48.8 Å². The Hall–Kier alpha value is -2.27. The molecule has 5 rings (SSSR count). The Morgan fingerprint density at radius 1 is 1.04 bits per heavy atom. The van der Waals surface area contributed by atoms with Crippen LogP contribution in [0, 0.1) is 0 Å². The molecule has 0 unspecified atom stereocenters. The molecule has 3 aliphatic rings. The van der Waals surface area contributed by atoms with E-state index in [-0.39, 0.29) is 6.10 Å². The van der Waals surface area contributed by atoms with Crippen molar-refractivity contribution in [2.24, 2.45) is 0 Å². The van der Waals surface area contributed by atoms with Gasteiger partial charge in [0.1, 0.15) is 11.9 Å². The number of pyridine rings is 1. The van der Waals surface area contributed by atoms with Crippen LogP contribution in [0.4, 0.5) is 11.4 Å². The van der Waals surface area contributed by atoms with Gasteiger partial charge in [-0.1, -0.05) is 18.2 Å². The van der Waals surface area contributed by atoms with Crippen LogP contribution in [0.3, 0.4) is 0 Å². The van der Waals surface area contributed by atoms with Gasteiger partial charge in [0.05, 0.1) is 18.1 Å². The molecular weight excluding hydrogens is 324 g/mol. The van der Waals surface area contributed by atoms with Gasteiger partial charge in [-0.25, -0.2) is 0 Å². The van der Waals surface area contributed by atoms with Gasteiger partial charge in [-0.2, -0.15) is 0 Å². The zero-order valence-electron chi connectivity index (χ0n) is 15.1. The van der Waals surface area contributed by atoms with Crippen molar-refractivity contribution in [3.63, 3.8) is 0 Å². The van der Waals surface area contributed by atoms with Crippen molar-refractivity contribution in [3.05, 3.63) is 48.8 Å². The molecule has 0 amide bonds. The number of fused-ring (bicyclic) bond motifs is 2. The van der Waals surface area contributed by atoms with E-state index < -0.39 is 0 Å². The maximum atomic E-state index is 6.29. The van der Waals surface area contributed by atoms with Crippen molar-refractivity contribution in [3.8, 4) is 5.75 Å². The molecule has 2 atom stereocenters. The lowest BCUT2D eigenvalue weighted by Gasteiger charge is -2.34. The largest absolute Gasteiger partial charge is 0.489 e. The predicted molar refractivity (Wildman–Crippen MR) is 104 cm³/mol. The van der Waals surface area contributed by atoms with Crippen LogP contribution in [-0.4, -0.2) is 49.4 Å². The molecule has 2 aromatic rings. The lowest BCUT2D eigenvalue weighted by Crippen LogP contribution is -2.43. The molecule has 5 heteroatoms. The zero-order chi connectivity index (χ0) is 17.3. The summed E-state index contributed by atoms with van der Waals surface area (Å²) in [7, 11) is 0. The second kappa shape index (κ2) is 6.80. The van der Waals surface area contributed by atoms with Gasteiger partial charge in [-0.15, -0.1) is 0 Å². The number of piperazine rings is 1. The van der Waals surface area contributed by atoms with E-state index in [1.54, 1.807) is 0 Å². The van der Waals surface area contributed by atoms with Gasteiger partial charge in [-0.05, 0) is 18.6 Å². The smallest absolute Gasteiger partial charge is 0.140 e. The van der Waals surface area contributed by atoms with Crippen LogP contribution in [0.5, 0.6) is 5.75 Å². The second-order valence-corrected chi connectivity index (χ2v) is 7.67. The molecule has 1 aromatic carbocycles. The summed E-state index contributed by atoms with van der Waals surface area (Å²) in [5, 5.41) is 3.56. The summed E-state index contributed by atoms with van der Waals surface area (Å²) >= 11 is 0. The number of hydrogen-bond acceptors (Lipinski definition) is 5. The zero-order valence-corrected chi connectivity index (χ0v) is 15.1. The summed E-state index contributed by atoms with van der Waals surface area (Å²) in [5.74, 6) is 0.913. The Balaban J connectivity index is 1.20. The minimum absolute atomic E-state index is 0.281. The van der Waals surface area contributed by atoms with E-state index in [0.717, 1.165) is 44.8 Å². The van der Waals surface area contributed by atoms with E-state index in [4.69, 9.17) is 4.74 Å². The first kappa shape index (κ1) is 15.9. The SMILES string of the molecule is c1ccc(N2CCC(Oc3cncc(N4C[C@H]5C[C@H]4CN5)c3)CC2)cc1. The van der Waals surface area contributed by atoms with Crippen LogP contribution in [0.1, 0.15) is 19.3 Å². The molecular formula is C21H26N4O. The van der Waals surface area contributed by atoms with Crippen molar-refractivity contribution >= 4 is 11.4 Å². The summed E-state index contributed by atoms with van der Waals surface area (Å²) in [6, 6.07) is 14.1. The third kappa shape index (κ3) is 3.12. The Labute approximate surface area is 155 Å². The first-order chi connectivity index (χ1) is 12.8. The maximum absolute atomic E-state index is 6.29. The summed E-state index contributed by atoms with van der Waals surface area (Å²) in [4.78, 5) is 9.38. The highest BCUT2D eigenvalue weighted by Gasteiger charge is 2.37. The number of hydrogen-bond donors (Lipinski definition) is 1. The minimum Gasteiger partial charge on any atom is -0.489 e. The molecule has 4 heterocycles. The fourth-order valence-electron chi connectivity index (χ4n) is 4.57. The van der Waals surface area contributed by atoms with E-state index >= 15 is 0 Å². The fourth-order valence-corrected chi connectivity index (χ4v) is 4.57. The number of nitrogens with one attached hydrogen (secondary N) is 1. The van der Waals surface area contributed by atoms with E-state index in [1.807, 2.05) is 12.4 Å². The highest BCUT2D eigenvalue weighted by molar-refractivity contribution is 5.51. The Morgan fingerprint density at radius 3 is 2.62 bits per heavy atom. The standard InChI is InChI=1S/C21H26N4O/c1-2-4-17(5-3-1)24-8-6-20(7-9-24)26-21-11-19(12-22-14-21)25-15-16-10-18(25)13-23-16/h1-5,11-12,14,16,18,20,23H,6-10,13,15H2/t16-,18+/m1/s1. The van der Waals surface area contributed by atoms with E-state index in [0.29, 0.717) is 12.1 Å².